The minimum atomic E-state index is -1.06. The van der Waals surface area contributed by atoms with Crippen molar-refractivity contribution in [2.24, 2.45) is 5.73 Å². The van der Waals surface area contributed by atoms with Crippen molar-refractivity contribution in [3.05, 3.63) is 117 Å². The Hall–Kier alpha value is -6.19. The van der Waals surface area contributed by atoms with Crippen molar-refractivity contribution in [2.75, 3.05) is 20.2 Å². The molecule has 1 aromatic heterocycles. The predicted molar refractivity (Wildman–Crippen MR) is 213 cm³/mol. The van der Waals surface area contributed by atoms with Crippen LogP contribution in [0, 0.1) is 11.6 Å². The van der Waals surface area contributed by atoms with Crippen LogP contribution in [0.15, 0.2) is 72.9 Å². The van der Waals surface area contributed by atoms with E-state index in [1.165, 1.54) is 24.1 Å². The van der Waals surface area contributed by atoms with Crippen LogP contribution in [-0.2, 0) is 34.7 Å². The molecule has 3 aliphatic rings. The van der Waals surface area contributed by atoms with Crippen molar-refractivity contribution < 1.29 is 37.4 Å². The fourth-order valence-corrected chi connectivity index (χ4v) is 8.39. The van der Waals surface area contributed by atoms with Crippen LogP contribution in [0.5, 0.6) is 11.5 Å². The van der Waals surface area contributed by atoms with Gasteiger partial charge in [-0.15, -0.1) is 5.10 Å². The predicted octanol–water partition coefficient (Wildman–Crippen LogP) is 5.70. The van der Waals surface area contributed by atoms with Gasteiger partial charge < -0.3 is 25.4 Å². The summed E-state index contributed by atoms with van der Waals surface area (Å²) in [4.78, 5) is 52.3. The van der Waals surface area contributed by atoms with E-state index in [4.69, 9.17) is 26.8 Å². The van der Waals surface area contributed by atoms with Gasteiger partial charge in [0.05, 0.1) is 23.9 Å². The second kappa shape index (κ2) is 16.2. The van der Waals surface area contributed by atoms with Gasteiger partial charge in [0, 0.05) is 72.9 Å². The van der Waals surface area contributed by atoms with E-state index in [9.17, 15) is 19.2 Å². The summed E-state index contributed by atoms with van der Waals surface area (Å²) in [5, 5.41) is 13.4. The number of aryl methyl sites for hydroxylation is 1. The van der Waals surface area contributed by atoms with E-state index in [0.717, 1.165) is 35.6 Å². The number of nitrogens with two attached hydrogens (primary N) is 1. The van der Waals surface area contributed by atoms with Crippen molar-refractivity contribution in [2.45, 2.75) is 63.3 Å². The zero-order chi connectivity index (χ0) is 41.4. The van der Waals surface area contributed by atoms with Crippen LogP contribution in [0.4, 0.5) is 8.78 Å². The van der Waals surface area contributed by atoms with Gasteiger partial charge in [0.15, 0.2) is 17.2 Å². The summed E-state index contributed by atoms with van der Waals surface area (Å²) in [6.45, 7) is 1.14. The quantitative estimate of drug-likeness (QED) is 0.0996. The zero-order valence-corrected chi connectivity index (χ0v) is 32.8. The second-order valence-corrected chi connectivity index (χ2v) is 15.2. The maximum Gasteiger partial charge on any atom is 0.255 e. The summed E-state index contributed by atoms with van der Waals surface area (Å²) in [5.41, 5.74) is 8.81. The van der Waals surface area contributed by atoms with E-state index in [2.05, 4.69) is 20.9 Å². The summed E-state index contributed by atoms with van der Waals surface area (Å²) in [7, 11) is 1.30. The summed E-state index contributed by atoms with van der Waals surface area (Å²) in [5.74, 6) is -3.30. The van der Waals surface area contributed by atoms with E-state index in [-0.39, 0.29) is 83.9 Å². The number of aromatic nitrogens is 3. The van der Waals surface area contributed by atoms with Crippen molar-refractivity contribution in [3.8, 4) is 33.9 Å². The summed E-state index contributed by atoms with van der Waals surface area (Å²) >= 11 is 6.61. The lowest BCUT2D eigenvalue weighted by molar-refractivity contribution is -0.136. The molecule has 4 N–H and O–H groups in total. The molecule has 0 saturated carbocycles. The van der Waals surface area contributed by atoms with E-state index in [1.54, 1.807) is 16.8 Å². The molecule has 3 aliphatic heterocycles. The number of amides is 4. The fourth-order valence-electron chi connectivity index (χ4n) is 8.13. The highest BCUT2D eigenvalue weighted by Gasteiger charge is 2.44. The van der Waals surface area contributed by atoms with E-state index >= 15 is 8.78 Å². The van der Waals surface area contributed by atoms with Crippen molar-refractivity contribution >= 4 is 35.2 Å². The molecule has 8 rings (SSSR count). The number of nitrogens with zero attached hydrogens (tertiary/aromatic N) is 4. The van der Waals surface area contributed by atoms with Crippen LogP contribution in [0.25, 0.3) is 22.4 Å². The maximum atomic E-state index is 16.3. The smallest absolute Gasteiger partial charge is 0.255 e. The van der Waals surface area contributed by atoms with Crippen LogP contribution < -0.4 is 25.8 Å². The number of nitrogens with one attached hydrogen (secondary N) is 2. The highest BCUT2D eigenvalue weighted by Crippen LogP contribution is 2.50. The number of ether oxygens (including phenoxy) is 2. The van der Waals surface area contributed by atoms with Crippen LogP contribution in [-0.4, -0.2) is 69.8 Å². The third-order valence-corrected chi connectivity index (χ3v) is 11.6. The molecule has 16 heteroatoms. The number of unbranched alkanes of at least 4 members (excludes halogenated alkanes) is 2. The molecule has 59 heavy (non-hydrogen) atoms. The average Bonchev–Trinajstić information content (AvgIpc) is 3.96. The highest BCUT2D eigenvalue weighted by atomic mass is 35.5. The van der Waals surface area contributed by atoms with Gasteiger partial charge in [-0.3, -0.25) is 29.2 Å². The number of carbonyl (C=O) groups is 4. The third-order valence-electron chi connectivity index (χ3n) is 11.2. The lowest BCUT2D eigenvalue weighted by Gasteiger charge is -2.29. The molecule has 1 saturated heterocycles. The average molecular weight is 824 g/mol. The van der Waals surface area contributed by atoms with Gasteiger partial charge in [0.1, 0.15) is 23.3 Å². The molecule has 4 heterocycles. The number of methoxy groups -OCH3 is 1. The molecule has 5 aromatic rings. The summed E-state index contributed by atoms with van der Waals surface area (Å²) in [6.07, 6.45) is 4.48. The van der Waals surface area contributed by atoms with Gasteiger partial charge in [-0.25, -0.2) is 8.78 Å². The number of benzene rings is 4. The highest BCUT2D eigenvalue weighted by molar-refractivity contribution is 6.34. The number of hydrogen-bond donors (Lipinski definition) is 3. The minimum Gasteiger partial charge on any atom is -0.494 e. The van der Waals surface area contributed by atoms with Crippen molar-refractivity contribution in [1.82, 2.24) is 30.5 Å². The topological polar surface area (TPSA) is 171 Å². The first-order chi connectivity index (χ1) is 28.5. The van der Waals surface area contributed by atoms with Crippen molar-refractivity contribution in [1.29, 1.82) is 0 Å². The lowest BCUT2D eigenvalue weighted by atomic mass is 9.85. The Balaban J connectivity index is 0.901. The maximum absolute atomic E-state index is 16.3. The molecular formula is C43H40ClF2N7O6. The standard InChI is InChI=1S/C43H40ClF2N7O6/c1-58-33-14-12-28(37(39(33)46)36-29-20-43(23-47,26-8-4-2-5-9-26)59-34(29)19-30(45)38(36)44)40(55)48-16-6-3-7-17-52-22-31(50-51-52)24-10-11-27-25(18-24)21-53(42(27)57)32-13-15-35(54)49-41(32)56/h2,4-5,8-12,14,18-19,22,32H,3,6-7,13,15-17,20-21,23,47H2,1H3,(H,48,55)(H,49,54,56)/t32?,43-/m1/s1. The number of fused-ring (bicyclic) bond motifs is 2. The number of imide groups is 1. The molecule has 2 atom stereocenters. The molecule has 0 aliphatic carbocycles. The first-order valence-electron chi connectivity index (χ1n) is 19.3. The van der Waals surface area contributed by atoms with Gasteiger partial charge in [0.2, 0.25) is 11.8 Å². The minimum absolute atomic E-state index is 0.00393. The monoisotopic (exact) mass is 823 g/mol. The third kappa shape index (κ3) is 7.40. The largest absolute Gasteiger partial charge is 0.494 e. The molecule has 0 radical (unpaired) electrons. The molecular weight excluding hydrogens is 784 g/mol. The number of hydrogen-bond acceptors (Lipinski definition) is 9. The molecule has 304 valence electrons. The molecule has 1 fully saturated rings. The van der Waals surface area contributed by atoms with Gasteiger partial charge in [0.25, 0.3) is 11.8 Å². The van der Waals surface area contributed by atoms with Gasteiger partial charge in [-0.2, -0.15) is 0 Å². The number of rotatable bonds is 13. The second-order valence-electron chi connectivity index (χ2n) is 14.8. The van der Waals surface area contributed by atoms with E-state index in [0.29, 0.717) is 29.8 Å². The molecule has 0 bridgehead atoms. The first kappa shape index (κ1) is 39.6. The van der Waals surface area contributed by atoms with E-state index in [1.807, 2.05) is 42.6 Å². The lowest BCUT2D eigenvalue weighted by Crippen LogP contribution is -2.52. The Kier molecular flexibility index (Phi) is 10.9. The van der Waals surface area contributed by atoms with Gasteiger partial charge in [-0.1, -0.05) is 53.2 Å². The summed E-state index contributed by atoms with van der Waals surface area (Å²) < 4.78 is 45.1. The van der Waals surface area contributed by atoms with Gasteiger partial charge >= 0.3 is 0 Å². The molecule has 13 nitrogen and oxygen atoms in total. The van der Waals surface area contributed by atoms with Crippen LogP contribution in [0.1, 0.15) is 69.5 Å². The van der Waals surface area contributed by atoms with E-state index < -0.39 is 35.1 Å². The number of carbonyl (C=O) groups excluding carboxylic acids is 4. The Morgan fingerprint density at radius 1 is 1.07 bits per heavy atom. The molecule has 1 unspecified atom stereocenters. The fraction of sp³-hybridized carbons (Fsp3) is 0.302. The first-order valence-corrected chi connectivity index (χ1v) is 19.7. The zero-order valence-electron chi connectivity index (χ0n) is 32.0. The van der Waals surface area contributed by atoms with Gasteiger partial charge in [-0.05, 0) is 61.1 Å². The molecule has 0 spiro atoms. The number of halogens is 3. The van der Waals surface area contributed by atoms with Crippen LogP contribution in [0.2, 0.25) is 5.02 Å². The van der Waals surface area contributed by atoms with Crippen LogP contribution >= 0.6 is 11.6 Å². The normalized spacial score (nSPS) is 18.4. The summed E-state index contributed by atoms with van der Waals surface area (Å²) in [6, 6.07) is 17.9. The van der Waals surface area contributed by atoms with Crippen LogP contribution in [0.3, 0.4) is 0 Å². The molecule has 4 amide bonds. The Morgan fingerprint density at radius 2 is 1.88 bits per heavy atom. The Labute approximate surface area is 342 Å². The Bertz CT molecular complexity index is 2500. The van der Waals surface area contributed by atoms with Crippen molar-refractivity contribution in [3.63, 3.8) is 0 Å². The Morgan fingerprint density at radius 3 is 2.64 bits per heavy atom. The SMILES string of the molecule is COc1ccc(C(=O)NCCCCCn2cc(-c3ccc4c(c3)CN(C3CCC(=O)NC3=O)C4=O)nn2)c(-c2c(Cl)c(F)cc3c2C[C@@](CN)(c2ccccc2)O3)c1F. The molecule has 4 aromatic carbocycles. The number of piperidine rings is 1.